The molecule has 0 unspecified atom stereocenters. The highest BCUT2D eigenvalue weighted by Crippen LogP contribution is 2.36. The second-order valence-electron chi connectivity index (χ2n) is 10.7. The SMILES string of the molecule is CCCCCNc1nc(N)nc2ccn(Cc3ccc(CN4CC(C5CCCCC5)C4)cc3OC)c12. The molecule has 0 radical (unpaired) electrons. The Balaban J connectivity index is 1.26. The minimum Gasteiger partial charge on any atom is -0.496 e. The van der Waals surface area contributed by atoms with Crippen LogP contribution in [0.25, 0.3) is 11.0 Å². The zero-order valence-corrected chi connectivity index (χ0v) is 22.0. The maximum Gasteiger partial charge on any atom is 0.222 e. The molecule has 36 heavy (non-hydrogen) atoms. The number of methoxy groups -OCH3 is 1. The highest BCUT2D eigenvalue weighted by molar-refractivity contribution is 5.87. The van der Waals surface area contributed by atoms with Gasteiger partial charge >= 0.3 is 0 Å². The number of hydrogen-bond donors (Lipinski definition) is 2. The largest absolute Gasteiger partial charge is 0.496 e. The van der Waals surface area contributed by atoms with E-state index in [0.717, 1.165) is 59.5 Å². The van der Waals surface area contributed by atoms with Gasteiger partial charge in [0.2, 0.25) is 5.95 Å². The summed E-state index contributed by atoms with van der Waals surface area (Å²) in [5, 5.41) is 3.49. The summed E-state index contributed by atoms with van der Waals surface area (Å²) in [6.45, 7) is 7.29. The first-order valence-electron chi connectivity index (χ1n) is 13.9. The lowest BCUT2D eigenvalue weighted by atomic mass is 9.76. The van der Waals surface area contributed by atoms with Crippen molar-refractivity contribution >= 4 is 22.8 Å². The lowest BCUT2D eigenvalue weighted by Crippen LogP contribution is -2.49. The second kappa shape index (κ2) is 11.5. The van der Waals surface area contributed by atoms with E-state index in [0.29, 0.717) is 12.5 Å². The molecule has 0 atom stereocenters. The van der Waals surface area contributed by atoms with Crippen LogP contribution in [-0.2, 0) is 13.1 Å². The van der Waals surface area contributed by atoms with Gasteiger partial charge in [0.1, 0.15) is 11.3 Å². The number of nitrogens with one attached hydrogen (secondary N) is 1. The van der Waals surface area contributed by atoms with E-state index < -0.39 is 0 Å². The van der Waals surface area contributed by atoms with Crippen LogP contribution in [0.3, 0.4) is 0 Å². The summed E-state index contributed by atoms with van der Waals surface area (Å²) in [6, 6.07) is 8.70. The Bertz CT molecular complexity index is 1150. The molecule has 2 fully saturated rings. The van der Waals surface area contributed by atoms with Crippen molar-refractivity contribution in [2.75, 3.05) is 37.8 Å². The number of fused-ring (bicyclic) bond motifs is 1. The van der Waals surface area contributed by atoms with Crippen LogP contribution in [0.5, 0.6) is 5.75 Å². The van der Waals surface area contributed by atoms with Crippen LogP contribution in [0.2, 0.25) is 0 Å². The molecule has 0 bridgehead atoms. The lowest BCUT2D eigenvalue weighted by molar-refractivity contribution is 0.0365. The first kappa shape index (κ1) is 24.9. The van der Waals surface area contributed by atoms with E-state index in [9.17, 15) is 0 Å². The topological polar surface area (TPSA) is 81.2 Å². The van der Waals surface area contributed by atoms with Crippen molar-refractivity contribution in [1.29, 1.82) is 0 Å². The zero-order chi connectivity index (χ0) is 24.9. The quantitative estimate of drug-likeness (QED) is 0.336. The molecule has 3 heterocycles. The number of nitrogen functional groups attached to an aromatic ring is 1. The molecule has 7 nitrogen and oxygen atoms in total. The molecule has 7 heteroatoms. The molecule has 5 rings (SSSR count). The van der Waals surface area contributed by atoms with Crippen molar-refractivity contribution in [2.45, 2.75) is 71.4 Å². The third-order valence-corrected chi connectivity index (χ3v) is 8.10. The van der Waals surface area contributed by atoms with E-state index in [1.165, 1.54) is 63.6 Å². The summed E-state index contributed by atoms with van der Waals surface area (Å²) < 4.78 is 8.03. The van der Waals surface area contributed by atoms with Crippen LogP contribution in [0.1, 0.15) is 69.4 Å². The number of hydrogen-bond acceptors (Lipinski definition) is 6. The lowest BCUT2D eigenvalue weighted by Gasteiger charge is -2.45. The standard InChI is InChI=1S/C29H42N6O/c1-3-4-8-14-31-28-27-25(32-29(30)33-28)13-15-35(27)20-23-12-11-21(16-26(23)36-2)17-34-18-24(19-34)22-9-6-5-7-10-22/h11-13,15-16,22,24H,3-10,14,17-20H2,1-2H3,(H3,30,31,32,33). The number of unbranched alkanes of at least 4 members (excludes halogenated alkanes) is 2. The summed E-state index contributed by atoms with van der Waals surface area (Å²) in [6.07, 6.45) is 12.8. The minimum atomic E-state index is 0.303. The van der Waals surface area contributed by atoms with Gasteiger partial charge in [0, 0.05) is 37.9 Å². The Hall–Kier alpha value is -2.80. The Labute approximate surface area is 215 Å². The maximum absolute atomic E-state index is 5.99. The van der Waals surface area contributed by atoms with Crippen LogP contribution >= 0.6 is 0 Å². The average molecular weight is 491 g/mol. The molecular formula is C29H42N6O. The third kappa shape index (κ3) is 5.61. The Morgan fingerprint density at radius 3 is 2.64 bits per heavy atom. The maximum atomic E-state index is 5.99. The molecule has 194 valence electrons. The molecule has 2 aliphatic rings. The molecule has 1 saturated heterocycles. The van der Waals surface area contributed by atoms with Crippen molar-refractivity contribution < 1.29 is 4.74 Å². The molecule has 0 spiro atoms. The summed E-state index contributed by atoms with van der Waals surface area (Å²) in [4.78, 5) is 11.6. The van der Waals surface area contributed by atoms with E-state index >= 15 is 0 Å². The van der Waals surface area contributed by atoms with Gasteiger partial charge in [-0.2, -0.15) is 4.98 Å². The molecule has 1 aromatic carbocycles. The number of nitrogens with two attached hydrogens (primary N) is 1. The summed E-state index contributed by atoms with van der Waals surface area (Å²) in [5.74, 6) is 3.92. The molecule has 1 aliphatic heterocycles. The van der Waals surface area contributed by atoms with Crippen LogP contribution in [0.15, 0.2) is 30.5 Å². The fraction of sp³-hybridized carbons (Fsp3) is 0.586. The van der Waals surface area contributed by atoms with Gasteiger partial charge in [0.05, 0.1) is 19.2 Å². The molecule has 1 saturated carbocycles. The number of aromatic nitrogens is 3. The Morgan fingerprint density at radius 2 is 1.86 bits per heavy atom. The van der Waals surface area contributed by atoms with Crippen LogP contribution in [0, 0.1) is 11.8 Å². The zero-order valence-electron chi connectivity index (χ0n) is 22.0. The summed E-state index contributed by atoms with van der Waals surface area (Å²) in [5.41, 5.74) is 10.3. The highest BCUT2D eigenvalue weighted by atomic mass is 16.5. The van der Waals surface area contributed by atoms with Crippen molar-refractivity contribution in [3.05, 3.63) is 41.6 Å². The fourth-order valence-corrected chi connectivity index (χ4v) is 6.06. The first-order chi connectivity index (χ1) is 17.6. The number of nitrogens with zero attached hydrogens (tertiary/aromatic N) is 4. The number of anilines is 2. The minimum absolute atomic E-state index is 0.303. The van der Waals surface area contributed by atoms with Gasteiger partial charge in [0.15, 0.2) is 5.82 Å². The fourth-order valence-electron chi connectivity index (χ4n) is 6.06. The highest BCUT2D eigenvalue weighted by Gasteiger charge is 2.33. The van der Waals surface area contributed by atoms with Crippen LogP contribution in [0.4, 0.5) is 11.8 Å². The van der Waals surface area contributed by atoms with Gasteiger partial charge in [-0.25, -0.2) is 4.98 Å². The van der Waals surface area contributed by atoms with Crippen LogP contribution in [-0.4, -0.2) is 46.2 Å². The number of likely N-dealkylation sites (tertiary alicyclic amines) is 1. The molecule has 0 amide bonds. The predicted octanol–water partition coefficient (Wildman–Crippen LogP) is 5.68. The van der Waals surface area contributed by atoms with Crippen molar-refractivity contribution in [3.8, 4) is 5.75 Å². The smallest absolute Gasteiger partial charge is 0.222 e. The number of ether oxygens (including phenoxy) is 1. The number of benzene rings is 1. The van der Waals surface area contributed by atoms with E-state index in [1.807, 2.05) is 6.07 Å². The Morgan fingerprint density at radius 1 is 1.03 bits per heavy atom. The van der Waals surface area contributed by atoms with E-state index in [2.05, 4.69) is 56.1 Å². The van der Waals surface area contributed by atoms with Crippen molar-refractivity contribution in [3.63, 3.8) is 0 Å². The van der Waals surface area contributed by atoms with Gasteiger partial charge in [0.25, 0.3) is 0 Å². The van der Waals surface area contributed by atoms with Gasteiger partial charge < -0.3 is 20.4 Å². The summed E-state index contributed by atoms with van der Waals surface area (Å²) >= 11 is 0. The number of rotatable bonds is 11. The molecule has 3 N–H and O–H groups in total. The van der Waals surface area contributed by atoms with Crippen LogP contribution < -0.4 is 15.8 Å². The predicted molar refractivity (Wildman–Crippen MR) is 147 cm³/mol. The van der Waals surface area contributed by atoms with Gasteiger partial charge in [-0.3, -0.25) is 4.90 Å². The van der Waals surface area contributed by atoms with E-state index in [1.54, 1.807) is 7.11 Å². The van der Waals surface area contributed by atoms with E-state index in [-0.39, 0.29) is 0 Å². The van der Waals surface area contributed by atoms with Gasteiger partial charge in [-0.15, -0.1) is 0 Å². The van der Waals surface area contributed by atoms with Crippen molar-refractivity contribution in [2.24, 2.45) is 11.8 Å². The van der Waals surface area contributed by atoms with Crippen molar-refractivity contribution in [1.82, 2.24) is 19.4 Å². The second-order valence-corrected chi connectivity index (χ2v) is 10.7. The normalized spacial score (nSPS) is 17.4. The molecule has 3 aromatic rings. The summed E-state index contributed by atoms with van der Waals surface area (Å²) in [7, 11) is 1.77. The average Bonchev–Trinajstić information content (AvgIpc) is 3.27. The Kier molecular flexibility index (Phi) is 7.95. The van der Waals surface area contributed by atoms with E-state index in [4.69, 9.17) is 10.5 Å². The third-order valence-electron chi connectivity index (χ3n) is 8.10. The van der Waals surface area contributed by atoms with Gasteiger partial charge in [-0.1, -0.05) is 64.0 Å². The molecule has 1 aliphatic carbocycles. The molecule has 2 aromatic heterocycles. The first-order valence-corrected chi connectivity index (χ1v) is 13.9. The van der Waals surface area contributed by atoms with Gasteiger partial charge in [-0.05, 0) is 36.0 Å². The monoisotopic (exact) mass is 490 g/mol. The molecular weight excluding hydrogens is 448 g/mol.